The Morgan fingerprint density at radius 2 is 2.22 bits per heavy atom. The summed E-state index contributed by atoms with van der Waals surface area (Å²) in [5.74, 6) is 0.966. The zero-order valence-electron chi connectivity index (χ0n) is 13.8. The molecule has 3 N–H and O–H groups in total. The van der Waals surface area contributed by atoms with Gasteiger partial charge >= 0.3 is 6.03 Å². The van der Waals surface area contributed by atoms with Gasteiger partial charge in [0.2, 0.25) is 0 Å². The van der Waals surface area contributed by atoms with Crippen molar-refractivity contribution in [3.8, 4) is 5.75 Å². The van der Waals surface area contributed by atoms with E-state index in [0.717, 1.165) is 36.3 Å². The van der Waals surface area contributed by atoms with Gasteiger partial charge in [-0.05, 0) is 43.5 Å². The van der Waals surface area contributed by atoms with E-state index in [-0.39, 0.29) is 24.6 Å². The van der Waals surface area contributed by atoms with Crippen LogP contribution in [0.15, 0.2) is 30.4 Å². The summed E-state index contributed by atoms with van der Waals surface area (Å²) in [7, 11) is 0. The van der Waals surface area contributed by atoms with Crippen molar-refractivity contribution in [2.24, 2.45) is 5.92 Å². The molecule has 2 atom stereocenters. The lowest BCUT2D eigenvalue weighted by molar-refractivity contribution is 0.238. The average molecular weight is 318 g/mol. The van der Waals surface area contributed by atoms with Crippen LogP contribution < -0.4 is 15.4 Å². The molecule has 0 saturated heterocycles. The van der Waals surface area contributed by atoms with Crippen molar-refractivity contribution in [1.82, 2.24) is 5.32 Å². The third-order valence-corrected chi connectivity index (χ3v) is 3.94. The van der Waals surface area contributed by atoms with Crippen molar-refractivity contribution in [2.75, 3.05) is 18.5 Å². The molecule has 0 aliphatic heterocycles. The Morgan fingerprint density at radius 3 is 2.87 bits per heavy atom. The summed E-state index contributed by atoms with van der Waals surface area (Å²) in [4.78, 5) is 12.1. The summed E-state index contributed by atoms with van der Waals surface area (Å²) < 4.78 is 5.66. The zero-order valence-corrected chi connectivity index (χ0v) is 13.8. The van der Waals surface area contributed by atoms with Crippen LogP contribution in [0, 0.1) is 12.8 Å². The van der Waals surface area contributed by atoms with Crippen LogP contribution in [-0.2, 0) is 0 Å². The van der Waals surface area contributed by atoms with Gasteiger partial charge in [-0.1, -0.05) is 25.5 Å². The van der Waals surface area contributed by atoms with E-state index in [1.807, 2.05) is 37.3 Å². The van der Waals surface area contributed by atoms with E-state index >= 15 is 0 Å². The molecular weight excluding hydrogens is 292 g/mol. The first-order valence-electron chi connectivity index (χ1n) is 8.22. The van der Waals surface area contributed by atoms with Gasteiger partial charge in [0.1, 0.15) is 5.75 Å². The number of rotatable bonds is 7. The Labute approximate surface area is 137 Å². The minimum Gasteiger partial charge on any atom is -0.494 e. The SMILES string of the molecule is CCCCOc1ccc(NC(=O)N[C@@H]2C=C[C@H](CO)C2)c(C)c1. The van der Waals surface area contributed by atoms with Crippen LogP contribution in [0.3, 0.4) is 0 Å². The van der Waals surface area contributed by atoms with Crippen LogP contribution in [0.2, 0.25) is 0 Å². The van der Waals surface area contributed by atoms with Crippen LogP contribution in [0.1, 0.15) is 31.7 Å². The molecular formula is C18H26N2O3. The van der Waals surface area contributed by atoms with Gasteiger partial charge in [0, 0.05) is 24.3 Å². The molecule has 2 amide bonds. The lowest BCUT2D eigenvalue weighted by atomic mass is 10.1. The van der Waals surface area contributed by atoms with Gasteiger partial charge in [-0.3, -0.25) is 0 Å². The van der Waals surface area contributed by atoms with Crippen molar-refractivity contribution in [1.29, 1.82) is 0 Å². The molecule has 1 aliphatic carbocycles. The predicted molar refractivity (Wildman–Crippen MR) is 91.9 cm³/mol. The molecule has 1 aliphatic rings. The first-order chi connectivity index (χ1) is 11.1. The molecule has 0 fully saturated rings. The first-order valence-corrected chi connectivity index (χ1v) is 8.22. The number of anilines is 1. The number of urea groups is 1. The second-order valence-electron chi connectivity index (χ2n) is 5.95. The topological polar surface area (TPSA) is 70.6 Å². The second kappa shape index (κ2) is 8.58. The maximum atomic E-state index is 12.1. The van der Waals surface area contributed by atoms with Crippen LogP contribution in [0.4, 0.5) is 10.5 Å². The fourth-order valence-corrected chi connectivity index (χ4v) is 2.54. The Kier molecular flexibility index (Phi) is 6.47. The van der Waals surface area contributed by atoms with Gasteiger partial charge in [0.25, 0.3) is 0 Å². The Morgan fingerprint density at radius 1 is 1.39 bits per heavy atom. The van der Waals surface area contributed by atoms with Gasteiger partial charge in [0.05, 0.1) is 6.61 Å². The summed E-state index contributed by atoms with van der Waals surface area (Å²) >= 11 is 0. The van der Waals surface area contributed by atoms with Gasteiger partial charge in [-0.25, -0.2) is 4.79 Å². The van der Waals surface area contributed by atoms with Gasteiger partial charge in [-0.2, -0.15) is 0 Å². The minimum absolute atomic E-state index is 0.0240. The van der Waals surface area contributed by atoms with Crippen molar-refractivity contribution >= 4 is 11.7 Å². The lowest BCUT2D eigenvalue weighted by Crippen LogP contribution is -2.36. The molecule has 0 spiro atoms. The minimum atomic E-state index is -0.235. The number of hydrogen-bond acceptors (Lipinski definition) is 3. The number of nitrogens with one attached hydrogen (secondary N) is 2. The van der Waals surface area contributed by atoms with Crippen LogP contribution in [0.25, 0.3) is 0 Å². The molecule has 0 saturated carbocycles. The number of aliphatic hydroxyl groups excluding tert-OH is 1. The number of hydrogen-bond donors (Lipinski definition) is 3. The van der Waals surface area contributed by atoms with Gasteiger partial charge in [-0.15, -0.1) is 0 Å². The molecule has 1 aromatic carbocycles. The van der Waals surface area contributed by atoms with Crippen LogP contribution in [0.5, 0.6) is 5.75 Å². The molecule has 2 rings (SSSR count). The molecule has 126 valence electrons. The van der Waals surface area contributed by atoms with Crippen LogP contribution in [-0.4, -0.2) is 30.4 Å². The molecule has 5 nitrogen and oxygen atoms in total. The Balaban J connectivity index is 1.85. The van der Waals surface area contributed by atoms with Gasteiger partial charge in [0.15, 0.2) is 0 Å². The number of aliphatic hydroxyl groups is 1. The normalized spacial score (nSPS) is 19.6. The lowest BCUT2D eigenvalue weighted by Gasteiger charge is -2.15. The van der Waals surface area contributed by atoms with E-state index in [4.69, 9.17) is 9.84 Å². The Hall–Kier alpha value is -2.01. The van der Waals surface area contributed by atoms with E-state index in [2.05, 4.69) is 17.6 Å². The first kappa shape index (κ1) is 17.3. The fourth-order valence-electron chi connectivity index (χ4n) is 2.54. The largest absolute Gasteiger partial charge is 0.494 e. The smallest absolute Gasteiger partial charge is 0.319 e. The van der Waals surface area contributed by atoms with E-state index in [0.29, 0.717) is 6.61 Å². The maximum absolute atomic E-state index is 12.1. The molecule has 0 aromatic heterocycles. The molecule has 23 heavy (non-hydrogen) atoms. The fraction of sp³-hybridized carbons (Fsp3) is 0.500. The number of carbonyl (C=O) groups excluding carboxylic acids is 1. The molecule has 0 heterocycles. The van der Waals surface area contributed by atoms with E-state index in [1.165, 1.54) is 0 Å². The average Bonchev–Trinajstić information content (AvgIpc) is 2.97. The highest BCUT2D eigenvalue weighted by Gasteiger charge is 2.19. The maximum Gasteiger partial charge on any atom is 0.319 e. The molecule has 5 heteroatoms. The number of ether oxygens (including phenoxy) is 1. The van der Waals surface area contributed by atoms with E-state index in [1.54, 1.807) is 0 Å². The van der Waals surface area contributed by atoms with E-state index < -0.39 is 0 Å². The number of benzene rings is 1. The van der Waals surface area contributed by atoms with Crippen molar-refractivity contribution in [3.63, 3.8) is 0 Å². The molecule has 0 radical (unpaired) electrons. The molecule has 0 unspecified atom stereocenters. The summed E-state index contributed by atoms with van der Waals surface area (Å²) in [5, 5.41) is 14.9. The van der Waals surface area contributed by atoms with Crippen molar-refractivity contribution < 1.29 is 14.6 Å². The predicted octanol–water partition coefficient (Wildman–Crippen LogP) is 3.23. The number of aryl methyl sites for hydroxylation is 1. The standard InChI is InChI=1S/C18H26N2O3/c1-3-4-9-23-16-7-8-17(13(2)10-16)20-18(22)19-15-6-5-14(11-15)12-21/h5-8,10,14-15,21H,3-4,9,11-12H2,1-2H3,(H2,19,20,22)/t14-,15+/m0/s1. The van der Waals surface area contributed by atoms with Gasteiger partial charge < -0.3 is 20.5 Å². The molecule has 0 bridgehead atoms. The quantitative estimate of drug-likeness (QED) is 0.534. The number of carbonyl (C=O) groups is 1. The van der Waals surface area contributed by atoms with E-state index in [9.17, 15) is 4.79 Å². The Bertz CT molecular complexity index is 557. The van der Waals surface area contributed by atoms with Crippen LogP contribution >= 0.6 is 0 Å². The monoisotopic (exact) mass is 318 g/mol. The molecule has 1 aromatic rings. The highest BCUT2D eigenvalue weighted by molar-refractivity contribution is 5.90. The summed E-state index contributed by atoms with van der Waals surface area (Å²) in [6, 6.07) is 5.40. The highest BCUT2D eigenvalue weighted by atomic mass is 16.5. The summed E-state index contributed by atoms with van der Waals surface area (Å²) in [5.41, 5.74) is 1.73. The zero-order chi connectivity index (χ0) is 16.7. The van der Waals surface area contributed by atoms with Crippen molar-refractivity contribution in [2.45, 2.75) is 39.2 Å². The number of unbranched alkanes of at least 4 members (excludes halogenated alkanes) is 1. The summed E-state index contributed by atoms with van der Waals surface area (Å²) in [6.07, 6.45) is 6.75. The highest BCUT2D eigenvalue weighted by Crippen LogP contribution is 2.22. The number of amides is 2. The van der Waals surface area contributed by atoms with Crippen molar-refractivity contribution in [3.05, 3.63) is 35.9 Å². The second-order valence-corrected chi connectivity index (χ2v) is 5.95. The third kappa shape index (κ3) is 5.28. The summed E-state index contributed by atoms with van der Waals surface area (Å²) in [6.45, 7) is 4.90. The third-order valence-electron chi connectivity index (χ3n) is 3.94.